The summed E-state index contributed by atoms with van der Waals surface area (Å²) in [6.07, 6.45) is 0.965. The molecule has 25 heavy (non-hydrogen) atoms. The van der Waals surface area contributed by atoms with Crippen LogP contribution in [-0.4, -0.2) is 85.8 Å². The molecule has 0 aliphatic carbocycles. The van der Waals surface area contributed by atoms with Crippen LogP contribution < -0.4 is 0 Å². The summed E-state index contributed by atoms with van der Waals surface area (Å²) in [5, 5.41) is 0. The molecule has 1 aromatic rings. The maximum atomic E-state index is 12.9. The van der Waals surface area contributed by atoms with Crippen LogP contribution in [0.25, 0.3) is 0 Å². The van der Waals surface area contributed by atoms with E-state index in [1.54, 1.807) is 0 Å². The first-order chi connectivity index (χ1) is 11.9. The summed E-state index contributed by atoms with van der Waals surface area (Å²) in [4.78, 5) is 19.0. The van der Waals surface area contributed by atoms with Gasteiger partial charge in [-0.25, -0.2) is 8.42 Å². The average molecular weight is 363 g/mol. The lowest BCUT2D eigenvalue weighted by Crippen LogP contribution is -2.60. The van der Waals surface area contributed by atoms with Crippen molar-refractivity contribution in [2.24, 2.45) is 0 Å². The number of carbonyl (C=O) groups excluding carboxylic acids is 1. The van der Waals surface area contributed by atoms with E-state index in [-0.39, 0.29) is 29.5 Å². The number of carbonyl (C=O) groups is 1. The minimum atomic E-state index is -3.05. The smallest absolute Gasteiger partial charge is 0.237 e. The van der Waals surface area contributed by atoms with Gasteiger partial charge in [0.1, 0.15) is 0 Å². The topological polar surface area (TPSA) is 60.9 Å². The largest absolute Gasteiger partial charge is 0.335 e. The standard InChI is InChI=1S/C18H25N3O3S/c1-19-8-9-21(17-13-25(23,24)12-16(17)19)18(22)11-20-7-6-14-4-2-3-5-15(14)10-20/h2-5,16-17H,6-13H2,1H3/t16-,17+/m1/s1. The van der Waals surface area contributed by atoms with Crippen LogP contribution >= 0.6 is 0 Å². The van der Waals surface area contributed by atoms with Gasteiger partial charge in [0.05, 0.1) is 24.1 Å². The Morgan fingerprint density at radius 1 is 1.08 bits per heavy atom. The second-order valence-corrected chi connectivity index (χ2v) is 9.66. The predicted molar refractivity (Wildman–Crippen MR) is 96.0 cm³/mol. The van der Waals surface area contributed by atoms with E-state index in [9.17, 15) is 13.2 Å². The Morgan fingerprint density at radius 2 is 1.80 bits per heavy atom. The molecule has 1 aromatic carbocycles. The van der Waals surface area contributed by atoms with Crippen molar-refractivity contribution in [3.05, 3.63) is 35.4 Å². The number of benzene rings is 1. The molecule has 1 amide bonds. The third kappa shape index (κ3) is 3.32. The summed E-state index contributed by atoms with van der Waals surface area (Å²) >= 11 is 0. The van der Waals surface area contributed by atoms with E-state index in [0.29, 0.717) is 13.1 Å². The molecule has 2 saturated heterocycles. The number of hydrogen-bond acceptors (Lipinski definition) is 5. The molecule has 0 N–H and O–H groups in total. The lowest BCUT2D eigenvalue weighted by atomic mass is 10.00. The van der Waals surface area contributed by atoms with Gasteiger partial charge in [0.25, 0.3) is 0 Å². The van der Waals surface area contributed by atoms with E-state index in [1.165, 1.54) is 11.1 Å². The van der Waals surface area contributed by atoms with Crippen LogP contribution in [0.4, 0.5) is 0 Å². The average Bonchev–Trinajstić information content (AvgIpc) is 2.91. The van der Waals surface area contributed by atoms with Crippen molar-refractivity contribution in [3.63, 3.8) is 0 Å². The Bertz CT molecular complexity index is 780. The molecule has 3 aliphatic heterocycles. The van der Waals surface area contributed by atoms with E-state index in [2.05, 4.69) is 28.0 Å². The fourth-order valence-corrected chi connectivity index (χ4v) is 6.46. The SMILES string of the molecule is CN1CCN(C(=O)CN2CCc3ccccc3C2)[C@H]2CS(=O)(=O)C[C@H]21. The van der Waals surface area contributed by atoms with Gasteiger partial charge in [0.2, 0.25) is 5.91 Å². The number of nitrogens with zero attached hydrogens (tertiary/aromatic N) is 3. The summed E-state index contributed by atoms with van der Waals surface area (Å²) in [5.74, 6) is 0.352. The van der Waals surface area contributed by atoms with E-state index in [1.807, 2.05) is 18.0 Å². The molecule has 4 rings (SSSR count). The maximum Gasteiger partial charge on any atom is 0.237 e. The van der Waals surface area contributed by atoms with Crippen LogP contribution in [0.2, 0.25) is 0 Å². The number of sulfone groups is 1. The lowest BCUT2D eigenvalue weighted by Gasteiger charge is -2.43. The van der Waals surface area contributed by atoms with E-state index in [4.69, 9.17) is 0 Å². The van der Waals surface area contributed by atoms with Gasteiger partial charge in [-0.1, -0.05) is 24.3 Å². The van der Waals surface area contributed by atoms with Crippen molar-refractivity contribution in [1.82, 2.24) is 14.7 Å². The van der Waals surface area contributed by atoms with Gasteiger partial charge in [-0.05, 0) is 24.6 Å². The second kappa shape index (κ2) is 6.37. The molecule has 2 atom stereocenters. The predicted octanol–water partition coefficient (Wildman–Crippen LogP) is -0.0157. The van der Waals surface area contributed by atoms with Crippen LogP contribution in [0, 0.1) is 0 Å². The van der Waals surface area contributed by atoms with Gasteiger partial charge in [-0.2, -0.15) is 0 Å². The lowest BCUT2D eigenvalue weighted by molar-refractivity contribution is -0.138. The quantitative estimate of drug-likeness (QED) is 0.739. The van der Waals surface area contributed by atoms with Crippen LogP contribution in [0.5, 0.6) is 0 Å². The van der Waals surface area contributed by atoms with E-state index < -0.39 is 9.84 Å². The van der Waals surface area contributed by atoms with Crippen molar-refractivity contribution >= 4 is 15.7 Å². The first-order valence-electron chi connectivity index (χ1n) is 8.92. The van der Waals surface area contributed by atoms with Crippen LogP contribution in [-0.2, 0) is 27.6 Å². The molecule has 6 nitrogen and oxygen atoms in total. The molecule has 2 fully saturated rings. The monoisotopic (exact) mass is 363 g/mol. The zero-order valence-corrected chi connectivity index (χ0v) is 15.4. The molecule has 0 bridgehead atoms. The molecule has 0 unspecified atom stereocenters. The molecule has 136 valence electrons. The van der Waals surface area contributed by atoms with Gasteiger partial charge >= 0.3 is 0 Å². The summed E-state index contributed by atoms with van der Waals surface area (Å²) < 4.78 is 24.1. The van der Waals surface area contributed by atoms with E-state index >= 15 is 0 Å². The summed E-state index contributed by atoms with van der Waals surface area (Å²) in [7, 11) is -1.09. The van der Waals surface area contributed by atoms with Crippen molar-refractivity contribution in [3.8, 4) is 0 Å². The number of amides is 1. The molecule has 3 aliphatic rings. The van der Waals surface area contributed by atoms with Gasteiger partial charge < -0.3 is 4.90 Å². The Hall–Kier alpha value is -1.44. The van der Waals surface area contributed by atoms with Crippen LogP contribution in [0.1, 0.15) is 11.1 Å². The third-order valence-electron chi connectivity index (χ3n) is 5.84. The van der Waals surface area contributed by atoms with Gasteiger partial charge in [-0.3, -0.25) is 14.6 Å². The molecule has 0 saturated carbocycles. The minimum absolute atomic E-state index is 0.0511. The van der Waals surface area contributed by atoms with E-state index in [0.717, 1.165) is 26.1 Å². The zero-order chi connectivity index (χ0) is 17.6. The Morgan fingerprint density at radius 3 is 2.60 bits per heavy atom. The third-order valence-corrected chi connectivity index (χ3v) is 7.54. The highest BCUT2D eigenvalue weighted by atomic mass is 32.2. The first kappa shape index (κ1) is 17.0. The molecular formula is C18H25N3O3S. The molecular weight excluding hydrogens is 338 g/mol. The van der Waals surface area contributed by atoms with Crippen LogP contribution in [0.3, 0.4) is 0 Å². The molecule has 0 radical (unpaired) electrons. The number of piperazine rings is 1. The highest BCUT2D eigenvalue weighted by Crippen LogP contribution is 2.26. The number of fused-ring (bicyclic) bond motifs is 2. The van der Waals surface area contributed by atoms with Gasteiger partial charge in [0.15, 0.2) is 9.84 Å². The highest BCUT2D eigenvalue weighted by Gasteiger charge is 2.46. The number of rotatable bonds is 2. The first-order valence-corrected chi connectivity index (χ1v) is 10.7. The minimum Gasteiger partial charge on any atom is -0.335 e. The summed E-state index contributed by atoms with van der Waals surface area (Å²) in [6.45, 7) is 3.41. The van der Waals surface area contributed by atoms with Crippen LogP contribution in [0.15, 0.2) is 24.3 Å². The van der Waals surface area contributed by atoms with Gasteiger partial charge in [-0.15, -0.1) is 0 Å². The summed E-state index contributed by atoms with van der Waals surface area (Å²) in [5.41, 5.74) is 2.66. The van der Waals surface area contributed by atoms with Crippen molar-refractivity contribution < 1.29 is 13.2 Å². The Labute approximate surface area is 149 Å². The summed E-state index contributed by atoms with van der Waals surface area (Å²) in [6, 6.07) is 8.14. The fraction of sp³-hybridized carbons (Fsp3) is 0.611. The second-order valence-electron chi connectivity index (χ2n) is 7.51. The number of likely N-dealkylation sites (N-methyl/N-ethyl adjacent to an activating group) is 1. The highest BCUT2D eigenvalue weighted by molar-refractivity contribution is 7.91. The molecule has 0 aromatic heterocycles. The van der Waals surface area contributed by atoms with Crippen molar-refractivity contribution in [1.29, 1.82) is 0 Å². The number of hydrogen-bond donors (Lipinski definition) is 0. The zero-order valence-electron chi connectivity index (χ0n) is 14.6. The Balaban J connectivity index is 1.45. The molecule has 3 heterocycles. The maximum absolute atomic E-state index is 12.9. The normalized spacial score (nSPS) is 29.2. The van der Waals surface area contributed by atoms with Crippen molar-refractivity contribution in [2.75, 3.05) is 44.7 Å². The molecule has 0 spiro atoms. The Kier molecular flexibility index (Phi) is 4.33. The van der Waals surface area contributed by atoms with Gasteiger partial charge in [0, 0.05) is 32.2 Å². The van der Waals surface area contributed by atoms with Crippen molar-refractivity contribution in [2.45, 2.75) is 25.0 Å². The molecule has 7 heteroatoms. The fourth-order valence-electron chi connectivity index (χ4n) is 4.41.